The van der Waals surface area contributed by atoms with Crippen molar-refractivity contribution in [2.75, 3.05) is 0 Å². The Kier molecular flexibility index (Phi) is 4.42. The van der Waals surface area contributed by atoms with Gasteiger partial charge in [-0.3, -0.25) is 4.79 Å². The van der Waals surface area contributed by atoms with E-state index in [2.05, 4.69) is 11.1 Å². The van der Waals surface area contributed by atoms with Crippen LogP contribution in [-0.4, -0.2) is 4.98 Å². The van der Waals surface area contributed by atoms with Crippen molar-refractivity contribution in [3.8, 4) is 17.6 Å². The highest BCUT2D eigenvalue weighted by molar-refractivity contribution is 5.80. The molecular weight excluding hydrogens is 336 g/mol. The molecule has 1 heterocycles. The Labute approximate surface area is 156 Å². The molecule has 0 saturated carbocycles. The molecule has 0 bridgehead atoms. The zero-order valence-corrected chi connectivity index (χ0v) is 14.5. The number of fused-ring (bicyclic) bond motifs is 1. The van der Waals surface area contributed by atoms with E-state index in [9.17, 15) is 4.79 Å². The van der Waals surface area contributed by atoms with Gasteiger partial charge in [0.05, 0.1) is 11.6 Å². The Hall–Kier alpha value is -3.84. The van der Waals surface area contributed by atoms with Crippen LogP contribution in [-0.2, 0) is 6.42 Å². The van der Waals surface area contributed by atoms with Crippen LogP contribution in [0.1, 0.15) is 16.7 Å². The smallest absolute Gasteiger partial charge is 0.251 e. The normalized spacial score (nSPS) is 10.5. The van der Waals surface area contributed by atoms with E-state index >= 15 is 0 Å². The van der Waals surface area contributed by atoms with Gasteiger partial charge in [-0.1, -0.05) is 36.4 Å². The molecular formula is C23H16N2O2. The number of pyridine rings is 1. The van der Waals surface area contributed by atoms with Gasteiger partial charge < -0.3 is 9.72 Å². The largest absolute Gasteiger partial charge is 0.457 e. The van der Waals surface area contributed by atoms with Crippen LogP contribution in [0.4, 0.5) is 0 Å². The van der Waals surface area contributed by atoms with E-state index < -0.39 is 0 Å². The van der Waals surface area contributed by atoms with Crippen LogP contribution >= 0.6 is 0 Å². The molecule has 4 aromatic rings. The summed E-state index contributed by atoms with van der Waals surface area (Å²) in [6.07, 6.45) is 0.571. The topological polar surface area (TPSA) is 65.9 Å². The molecule has 3 aromatic carbocycles. The number of H-pyrrole nitrogens is 1. The predicted molar refractivity (Wildman–Crippen MR) is 105 cm³/mol. The van der Waals surface area contributed by atoms with E-state index in [1.54, 1.807) is 30.3 Å². The summed E-state index contributed by atoms with van der Waals surface area (Å²) in [5, 5.41) is 9.91. The Bertz CT molecular complexity index is 1200. The molecule has 0 atom stereocenters. The lowest BCUT2D eigenvalue weighted by Gasteiger charge is -2.08. The fourth-order valence-electron chi connectivity index (χ4n) is 3.01. The molecule has 4 nitrogen and oxygen atoms in total. The molecule has 0 spiro atoms. The van der Waals surface area contributed by atoms with E-state index in [0.29, 0.717) is 29.0 Å². The number of hydrogen-bond acceptors (Lipinski definition) is 3. The van der Waals surface area contributed by atoms with Crippen molar-refractivity contribution in [1.29, 1.82) is 5.26 Å². The Morgan fingerprint density at radius 2 is 1.70 bits per heavy atom. The first-order valence-electron chi connectivity index (χ1n) is 8.59. The van der Waals surface area contributed by atoms with Gasteiger partial charge in [0.2, 0.25) is 0 Å². The number of hydrogen-bond donors (Lipinski definition) is 1. The first-order valence-corrected chi connectivity index (χ1v) is 8.59. The van der Waals surface area contributed by atoms with Gasteiger partial charge >= 0.3 is 0 Å². The number of aromatic nitrogens is 1. The third-order valence-corrected chi connectivity index (χ3v) is 4.33. The second-order valence-electron chi connectivity index (χ2n) is 6.28. The number of nitrogens with zero attached hydrogens (tertiary/aromatic N) is 1. The van der Waals surface area contributed by atoms with Gasteiger partial charge in [-0.05, 0) is 48.0 Å². The maximum absolute atomic E-state index is 12.4. The van der Waals surface area contributed by atoms with Gasteiger partial charge in [-0.25, -0.2) is 0 Å². The summed E-state index contributed by atoms with van der Waals surface area (Å²) in [5.41, 5.74) is 3.01. The van der Waals surface area contributed by atoms with Gasteiger partial charge in [0.25, 0.3) is 5.56 Å². The minimum absolute atomic E-state index is 0.0817. The third kappa shape index (κ3) is 3.73. The average Bonchev–Trinajstić information content (AvgIpc) is 2.70. The summed E-state index contributed by atoms with van der Waals surface area (Å²) in [6.45, 7) is 0. The van der Waals surface area contributed by atoms with E-state index in [1.807, 2.05) is 48.5 Å². The molecule has 0 unspecified atom stereocenters. The van der Waals surface area contributed by atoms with Crippen LogP contribution in [0.15, 0.2) is 83.7 Å². The monoisotopic (exact) mass is 352 g/mol. The number of rotatable bonds is 4. The van der Waals surface area contributed by atoms with Crippen molar-refractivity contribution in [2.24, 2.45) is 0 Å². The highest BCUT2D eigenvalue weighted by Crippen LogP contribution is 2.25. The highest BCUT2D eigenvalue weighted by atomic mass is 16.5. The van der Waals surface area contributed by atoms with Crippen LogP contribution in [0.5, 0.6) is 11.5 Å². The minimum atomic E-state index is -0.0817. The molecule has 1 aromatic heterocycles. The molecule has 0 saturated heterocycles. The number of ether oxygens (including phenoxy) is 1. The Morgan fingerprint density at radius 1 is 0.889 bits per heavy atom. The van der Waals surface area contributed by atoms with Crippen molar-refractivity contribution in [1.82, 2.24) is 4.98 Å². The summed E-state index contributed by atoms with van der Waals surface area (Å²) in [5.74, 6) is 1.25. The van der Waals surface area contributed by atoms with Gasteiger partial charge in [0, 0.05) is 22.9 Å². The van der Waals surface area contributed by atoms with Crippen LogP contribution in [0.3, 0.4) is 0 Å². The third-order valence-electron chi connectivity index (χ3n) is 4.33. The van der Waals surface area contributed by atoms with E-state index in [-0.39, 0.29) is 5.56 Å². The minimum Gasteiger partial charge on any atom is -0.457 e. The number of benzene rings is 3. The molecule has 0 amide bonds. The molecule has 0 fully saturated rings. The van der Waals surface area contributed by atoms with E-state index in [1.165, 1.54) is 0 Å². The highest BCUT2D eigenvalue weighted by Gasteiger charge is 2.06. The summed E-state index contributed by atoms with van der Waals surface area (Å²) < 4.78 is 5.87. The molecule has 1 N–H and O–H groups in total. The predicted octanol–water partition coefficient (Wildman–Crippen LogP) is 4.78. The van der Waals surface area contributed by atoms with Gasteiger partial charge in [0.15, 0.2) is 0 Å². The first kappa shape index (κ1) is 16.6. The van der Waals surface area contributed by atoms with Crippen LogP contribution in [0, 0.1) is 11.3 Å². The Morgan fingerprint density at radius 3 is 2.52 bits per heavy atom. The quantitative estimate of drug-likeness (QED) is 0.575. The maximum atomic E-state index is 12.4. The van der Waals surface area contributed by atoms with Crippen molar-refractivity contribution < 1.29 is 4.74 Å². The molecule has 27 heavy (non-hydrogen) atoms. The second kappa shape index (κ2) is 7.19. The molecule has 4 rings (SSSR count). The number of nitrogens with one attached hydrogen (secondary N) is 1. The SMILES string of the molecule is N#Cc1cccc(Oc2ccc3[nH]c(=O)c(Cc4ccccc4)cc3c2)c1. The maximum Gasteiger partial charge on any atom is 0.251 e. The summed E-state index contributed by atoms with van der Waals surface area (Å²) in [7, 11) is 0. The van der Waals surface area contributed by atoms with Crippen LogP contribution in [0.2, 0.25) is 0 Å². The molecule has 0 aliphatic heterocycles. The molecule has 0 radical (unpaired) electrons. The fourth-order valence-corrected chi connectivity index (χ4v) is 3.01. The fraction of sp³-hybridized carbons (Fsp3) is 0.0435. The van der Waals surface area contributed by atoms with Gasteiger partial charge in [-0.2, -0.15) is 5.26 Å². The number of nitriles is 1. The van der Waals surface area contributed by atoms with Gasteiger partial charge in [0.1, 0.15) is 11.5 Å². The van der Waals surface area contributed by atoms with Crippen molar-refractivity contribution >= 4 is 10.9 Å². The van der Waals surface area contributed by atoms with Gasteiger partial charge in [-0.15, -0.1) is 0 Å². The molecule has 4 heteroatoms. The van der Waals surface area contributed by atoms with E-state index in [4.69, 9.17) is 10.00 Å². The number of aromatic amines is 1. The second-order valence-corrected chi connectivity index (χ2v) is 6.28. The summed E-state index contributed by atoms with van der Waals surface area (Å²) >= 11 is 0. The van der Waals surface area contributed by atoms with E-state index in [0.717, 1.165) is 16.5 Å². The lowest BCUT2D eigenvalue weighted by molar-refractivity contribution is 0.483. The summed E-state index contributed by atoms with van der Waals surface area (Å²) in [4.78, 5) is 15.3. The Balaban J connectivity index is 1.67. The lowest BCUT2D eigenvalue weighted by atomic mass is 10.0. The molecule has 0 aliphatic carbocycles. The molecule has 130 valence electrons. The standard InChI is InChI=1S/C23H16N2O2/c24-15-17-7-4-8-20(12-17)27-21-9-10-22-18(14-21)13-19(23(26)25-22)11-16-5-2-1-3-6-16/h1-10,12-14H,11H2,(H,25,26). The van der Waals surface area contributed by atoms with Crippen LogP contribution < -0.4 is 10.3 Å². The van der Waals surface area contributed by atoms with Crippen molar-refractivity contribution in [3.63, 3.8) is 0 Å². The van der Waals surface area contributed by atoms with Crippen LogP contribution in [0.25, 0.3) is 10.9 Å². The van der Waals surface area contributed by atoms with Crippen molar-refractivity contribution in [2.45, 2.75) is 6.42 Å². The van der Waals surface area contributed by atoms with Crippen molar-refractivity contribution in [3.05, 3.63) is 106 Å². The average molecular weight is 352 g/mol. The lowest BCUT2D eigenvalue weighted by Crippen LogP contribution is -2.12. The zero-order valence-electron chi connectivity index (χ0n) is 14.5. The zero-order chi connectivity index (χ0) is 18.6. The molecule has 0 aliphatic rings. The first-order chi connectivity index (χ1) is 13.2. The summed E-state index contributed by atoms with van der Waals surface area (Å²) in [6, 6.07) is 26.4.